The number of hydrogen-bond acceptors (Lipinski definition) is 3. The standard InChI is InChI=1S/C24H21N3O2S/c1-15-10-11-22(16(2)12-15)27-23(20-13-30(29)14-21(20)26-27)25-24(28)19-9-5-7-17-6-3-4-8-18(17)19/h3-12H,13-14H2,1-2H3,(H,25,28). The molecule has 150 valence electrons. The van der Waals surface area contributed by atoms with Gasteiger partial charge >= 0.3 is 0 Å². The summed E-state index contributed by atoms with van der Waals surface area (Å²) in [6, 6.07) is 19.7. The van der Waals surface area contributed by atoms with Gasteiger partial charge in [-0.15, -0.1) is 0 Å². The summed E-state index contributed by atoms with van der Waals surface area (Å²) in [5, 5.41) is 9.72. The Hall–Kier alpha value is -3.25. The molecule has 0 fully saturated rings. The molecular weight excluding hydrogens is 394 g/mol. The fourth-order valence-electron chi connectivity index (χ4n) is 4.07. The van der Waals surface area contributed by atoms with Crippen molar-refractivity contribution in [1.82, 2.24) is 9.78 Å². The molecule has 2 heterocycles. The number of carbonyl (C=O) groups excluding carboxylic acids is 1. The summed E-state index contributed by atoms with van der Waals surface area (Å²) in [5.74, 6) is 1.24. The van der Waals surface area contributed by atoms with Crippen LogP contribution < -0.4 is 5.32 Å². The number of rotatable bonds is 3. The molecule has 1 amide bonds. The molecule has 4 aromatic rings. The maximum atomic E-state index is 13.3. The number of aromatic nitrogens is 2. The van der Waals surface area contributed by atoms with Gasteiger partial charge in [0.1, 0.15) is 5.82 Å². The molecule has 0 radical (unpaired) electrons. The molecular formula is C24H21N3O2S. The van der Waals surface area contributed by atoms with E-state index in [4.69, 9.17) is 5.10 Å². The van der Waals surface area contributed by atoms with Crippen molar-refractivity contribution >= 4 is 33.3 Å². The molecule has 6 heteroatoms. The van der Waals surface area contributed by atoms with Gasteiger partial charge in [-0.3, -0.25) is 9.00 Å². The van der Waals surface area contributed by atoms with E-state index in [0.29, 0.717) is 22.9 Å². The van der Waals surface area contributed by atoms with Crippen molar-refractivity contribution in [2.24, 2.45) is 0 Å². The highest BCUT2D eigenvalue weighted by atomic mass is 32.2. The first-order chi connectivity index (χ1) is 14.5. The highest BCUT2D eigenvalue weighted by Gasteiger charge is 2.29. The third-order valence-electron chi connectivity index (χ3n) is 5.52. The molecule has 0 bridgehead atoms. The van der Waals surface area contributed by atoms with E-state index in [9.17, 15) is 9.00 Å². The second-order valence-corrected chi connectivity index (χ2v) is 9.14. The highest BCUT2D eigenvalue weighted by molar-refractivity contribution is 7.83. The van der Waals surface area contributed by atoms with Crippen LogP contribution in [-0.4, -0.2) is 19.9 Å². The summed E-state index contributed by atoms with van der Waals surface area (Å²) in [4.78, 5) is 13.3. The summed E-state index contributed by atoms with van der Waals surface area (Å²) >= 11 is 0. The van der Waals surface area contributed by atoms with Crippen molar-refractivity contribution in [2.45, 2.75) is 25.4 Å². The lowest BCUT2D eigenvalue weighted by atomic mass is 10.0. The lowest BCUT2D eigenvalue weighted by Crippen LogP contribution is -2.17. The Balaban J connectivity index is 1.61. The van der Waals surface area contributed by atoms with Crippen LogP contribution in [-0.2, 0) is 22.3 Å². The molecule has 3 aromatic carbocycles. The van der Waals surface area contributed by atoms with Crippen LogP contribution in [0.15, 0.2) is 60.7 Å². The minimum Gasteiger partial charge on any atom is -0.306 e. The van der Waals surface area contributed by atoms with E-state index < -0.39 is 10.8 Å². The average molecular weight is 416 g/mol. The molecule has 1 aliphatic heterocycles. The third-order valence-corrected chi connectivity index (χ3v) is 6.72. The van der Waals surface area contributed by atoms with E-state index in [0.717, 1.165) is 33.3 Å². The van der Waals surface area contributed by atoms with E-state index in [1.165, 1.54) is 5.56 Å². The number of nitrogens with zero attached hydrogens (tertiary/aromatic N) is 2. The Bertz CT molecular complexity index is 1330. The predicted octanol–water partition coefficient (Wildman–Crippen LogP) is 4.66. The average Bonchev–Trinajstić information content (AvgIpc) is 3.24. The normalized spacial score (nSPS) is 15.3. The van der Waals surface area contributed by atoms with E-state index in [1.54, 1.807) is 4.68 Å². The van der Waals surface area contributed by atoms with Crippen molar-refractivity contribution < 1.29 is 9.00 Å². The van der Waals surface area contributed by atoms with Crippen LogP contribution in [0.1, 0.15) is 32.7 Å². The van der Waals surface area contributed by atoms with Gasteiger partial charge in [0.05, 0.1) is 22.9 Å². The molecule has 0 spiro atoms. The quantitative estimate of drug-likeness (QED) is 0.529. The second kappa shape index (κ2) is 7.22. The van der Waals surface area contributed by atoms with Crippen molar-refractivity contribution in [2.75, 3.05) is 5.32 Å². The Morgan fingerprint density at radius 1 is 1.03 bits per heavy atom. The lowest BCUT2D eigenvalue weighted by molar-refractivity contribution is 0.102. The Labute approximate surface area is 177 Å². The van der Waals surface area contributed by atoms with Crippen LogP contribution in [0.2, 0.25) is 0 Å². The number of anilines is 1. The minimum absolute atomic E-state index is 0.196. The molecule has 1 atom stereocenters. The fourth-order valence-corrected chi connectivity index (χ4v) is 5.34. The van der Waals surface area contributed by atoms with Gasteiger partial charge in [0.25, 0.3) is 5.91 Å². The van der Waals surface area contributed by atoms with E-state index in [-0.39, 0.29) is 5.91 Å². The number of hydrogen-bond donors (Lipinski definition) is 1. The van der Waals surface area contributed by atoms with Gasteiger partial charge < -0.3 is 5.32 Å². The number of carbonyl (C=O) groups is 1. The molecule has 5 rings (SSSR count). The molecule has 1 N–H and O–H groups in total. The summed E-state index contributed by atoms with van der Waals surface area (Å²) < 4.78 is 13.9. The molecule has 1 aromatic heterocycles. The first kappa shape index (κ1) is 18.8. The zero-order valence-corrected chi connectivity index (χ0v) is 17.6. The van der Waals surface area contributed by atoms with Crippen molar-refractivity contribution in [1.29, 1.82) is 0 Å². The maximum Gasteiger partial charge on any atom is 0.257 e. The zero-order valence-electron chi connectivity index (χ0n) is 16.8. The summed E-state index contributed by atoms with van der Waals surface area (Å²) in [6.45, 7) is 4.08. The number of benzene rings is 3. The van der Waals surface area contributed by atoms with Crippen LogP contribution in [0.3, 0.4) is 0 Å². The van der Waals surface area contributed by atoms with Crippen LogP contribution >= 0.6 is 0 Å². The van der Waals surface area contributed by atoms with E-state index in [1.807, 2.05) is 68.4 Å². The van der Waals surface area contributed by atoms with Crippen molar-refractivity contribution in [3.63, 3.8) is 0 Å². The van der Waals surface area contributed by atoms with Crippen molar-refractivity contribution in [3.8, 4) is 5.69 Å². The molecule has 30 heavy (non-hydrogen) atoms. The molecule has 1 unspecified atom stereocenters. The minimum atomic E-state index is -0.981. The van der Waals surface area contributed by atoms with Gasteiger partial charge in [-0.05, 0) is 42.3 Å². The van der Waals surface area contributed by atoms with Crippen LogP contribution in [0.25, 0.3) is 16.5 Å². The van der Waals surface area contributed by atoms with Crippen molar-refractivity contribution in [3.05, 3.63) is 88.6 Å². The summed E-state index contributed by atoms with van der Waals surface area (Å²) in [7, 11) is -0.981. The molecule has 1 aliphatic rings. The van der Waals surface area contributed by atoms with Crippen LogP contribution in [0.4, 0.5) is 5.82 Å². The third kappa shape index (κ3) is 3.13. The summed E-state index contributed by atoms with van der Waals surface area (Å²) in [6.07, 6.45) is 0. The molecule has 0 aliphatic carbocycles. The molecule has 0 saturated carbocycles. The van der Waals surface area contributed by atoms with Crippen LogP contribution in [0.5, 0.6) is 0 Å². The van der Waals surface area contributed by atoms with Gasteiger partial charge in [0, 0.05) is 21.9 Å². The molecule has 5 nitrogen and oxygen atoms in total. The predicted molar refractivity (Wildman–Crippen MR) is 120 cm³/mol. The highest BCUT2D eigenvalue weighted by Crippen LogP contribution is 2.33. The largest absolute Gasteiger partial charge is 0.306 e. The first-order valence-corrected chi connectivity index (χ1v) is 11.3. The molecule has 0 saturated heterocycles. The topological polar surface area (TPSA) is 64.0 Å². The Morgan fingerprint density at radius 2 is 1.83 bits per heavy atom. The van der Waals surface area contributed by atoms with E-state index in [2.05, 4.69) is 11.4 Å². The Morgan fingerprint density at radius 3 is 2.67 bits per heavy atom. The number of fused-ring (bicyclic) bond motifs is 2. The second-order valence-electron chi connectivity index (χ2n) is 7.68. The Kier molecular flexibility index (Phi) is 4.51. The van der Waals surface area contributed by atoms with E-state index >= 15 is 0 Å². The number of amides is 1. The van der Waals surface area contributed by atoms with Gasteiger partial charge in [-0.2, -0.15) is 5.10 Å². The fraction of sp³-hybridized carbons (Fsp3) is 0.167. The van der Waals surface area contributed by atoms with Gasteiger partial charge in [0.2, 0.25) is 0 Å². The smallest absolute Gasteiger partial charge is 0.257 e. The van der Waals surface area contributed by atoms with Gasteiger partial charge in [-0.25, -0.2) is 4.68 Å². The lowest BCUT2D eigenvalue weighted by Gasteiger charge is -2.14. The number of aryl methyl sites for hydroxylation is 2. The number of nitrogens with one attached hydrogen (secondary N) is 1. The van der Waals surface area contributed by atoms with Gasteiger partial charge in [0.15, 0.2) is 0 Å². The summed E-state index contributed by atoms with van der Waals surface area (Å²) in [5.41, 5.74) is 5.41. The first-order valence-electron chi connectivity index (χ1n) is 9.84. The SMILES string of the molecule is Cc1ccc(-n2nc3c(c2NC(=O)c2cccc4ccccc24)CS(=O)C3)c(C)c1. The monoisotopic (exact) mass is 415 g/mol. The van der Waals surface area contributed by atoms with Gasteiger partial charge in [-0.1, -0.05) is 54.1 Å². The maximum absolute atomic E-state index is 13.3. The van der Waals surface area contributed by atoms with Crippen LogP contribution in [0, 0.1) is 13.8 Å². The zero-order chi connectivity index (χ0) is 20.8.